The second-order valence-corrected chi connectivity index (χ2v) is 9.20. The van der Waals surface area contributed by atoms with Crippen LogP contribution in [-0.2, 0) is 20.8 Å². The number of carboxylic acid groups (broad SMARTS) is 1. The van der Waals surface area contributed by atoms with Gasteiger partial charge in [-0.3, -0.25) is 14.4 Å². The summed E-state index contributed by atoms with van der Waals surface area (Å²) >= 11 is 0. The largest absolute Gasteiger partial charge is 0.495 e. The molecule has 0 aliphatic rings. The van der Waals surface area contributed by atoms with Crippen LogP contribution in [0.1, 0.15) is 24.0 Å². The Bertz CT molecular complexity index is 1240. The molecule has 0 saturated heterocycles. The molecule has 13 nitrogen and oxygen atoms in total. The number of nitrogens with two attached hydrogens (primary N) is 1. The number of nitrogens with one attached hydrogen (secondary N) is 3. The van der Waals surface area contributed by atoms with Crippen LogP contribution in [0.15, 0.2) is 42.5 Å². The number of hydrogen-bond acceptors (Lipinski definition) is 6. The van der Waals surface area contributed by atoms with Crippen LogP contribution in [0, 0.1) is 6.92 Å². The molecule has 6 amide bonds. The summed E-state index contributed by atoms with van der Waals surface area (Å²) in [6, 6.07) is 10.1. The van der Waals surface area contributed by atoms with Crippen LogP contribution in [-0.4, -0.2) is 85.1 Å². The minimum atomic E-state index is -1.32. The van der Waals surface area contributed by atoms with Crippen molar-refractivity contribution in [1.82, 2.24) is 15.1 Å². The summed E-state index contributed by atoms with van der Waals surface area (Å²) in [6.45, 7) is 2.49. The summed E-state index contributed by atoms with van der Waals surface area (Å²) in [7, 11) is 4.60. The molecule has 0 fully saturated rings. The smallest absolute Gasteiger partial charge is 0.323 e. The molecule has 216 valence electrons. The number of amides is 6. The van der Waals surface area contributed by atoms with Crippen molar-refractivity contribution >= 4 is 41.2 Å². The van der Waals surface area contributed by atoms with E-state index in [0.29, 0.717) is 35.7 Å². The van der Waals surface area contributed by atoms with E-state index in [1.54, 1.807) is 31.3 Å². The normalized spacial score (nSPS) is 11.1. The Morgan fingerprint density at radius 2 is 1.62 bits per heavy atom. The zero-order chi connectivity index (χ0) is 29.8. The Morgan fingerprint density at radius 1 is 0.975 bits per heavy atom. The molecule has 1 atom stereocenters. The van der Waals surface area contributed by atoms with Gasteiger partial charge in [0.2, 0.25) is 11.8 Å². The fraction of sp³-hybridized carbons (Fsp3) is 0.370. The van der Waals surface area contributed by atoms with Crippen molar-refractivity contribution in [3.63, 3.8) is 0 Å². The molecule has 0 aromatic heterocycles. The van der Waals surface area contributed by atoms with Gasteiger partial charge in [0.1, 0.15) is 11.8 Å². The third-order valence-corrected chi connectivity index (χ3v) is 6.04. The van der Waals surface area contributed by atoms with Crippen LogP contribution in [0.2, 0.25) is 0 Å². The summed E-state index contributed by atoms with van der Waals surface area (Å²) in [6.07, 6.45) is -0.0859. The van der Waals surface area contributed by atoms with E-state index in [9.17, 15) is 24.0 Å². The molecule has 2 aromatic carbocycles. The van der Waals surface area contributed by atoms with Gasteiger partial charge in [0.25, 0.3) is 0 Å². The minimum Gasteiger partial charge on any atom is -0.495 e. The number of para-hydroxylation sites is 1. The van der Waals surface area contributed by atoms with E-state index in [0.717, 1.165) is 5.56 Å². The predicted octanol–water partition coefficient (Wildman–Crippen LogP) is 2.01. The van der Waals surface area contributed by atoms with Gasteiger partial charge in [0.15, 0.2) is 0 Å². The Balaban J connectivity index is 1.86. The average Bonchev–Trinajstić information content (AvgIpc) is 2.89. The average molecular weight is 557 g/mol. The maximum atomic E-state index is 12.7. The Kier molecular flexibility index (Phi) is 11.7. The number of likely N-dealkylation sites (N-methyl/N-ethyl adjacent to an activating group) is 1. The van der Waals surface area contributed by atoms with Gasteiger partial charge in [-0.1, -0.05) is 24.3 Å². The van der Waals surface area contributed by atoms with E-state index in [4.69, 9.17) is 15.6 Å². The van der Waals surface area contributed by atoms with Crippen LogP contribution < -0.4 is 26.4 Å². The molecule has 0 saturated carbocycles. The highest BCUT2D eigenvalue weighted by Crippen LogP contribution is 2.26. The number of rotatable bonds is 13. The van der Waals surface area contributed by atoms with Gasteiger partial charge in [-0.25, -0.2) is 9.59 Å². The van der Waals surface area contributed by atoms with Gasteiger partial charge in [0, 0.05) is 32.9 Å². The van der Waals surface area contributed by atoms with E-state index in [1.807, 2.05) is 25.1 Å². The lowest BCUT2D eigenvalue weighted by Crippen LogP contribution is -2.50. The van der Waals surface area contributed by atoms with Gasteiger partial charge in [-0.2, -0.15) is 0 Å². The molecule has 13 heteroatoms. The van der Waals surface area contributed by atoms with Crippen molar-refractivity contribution in [3.8, 4) is 5.75 Å². The van der Waals surface area contributed by atoms with E-state index in [1.165, 1.54) is 24.0 Å². The summed E-state index contributed by atoms with van der Waals surface area (Å²) in [5.74, 6) is -1.97. The van der Waals surface area contributed by atoms with E-state index >= 15 is 0 Å². The monoisotopic (exact) mass is 556 g/mol. The number of nitrogens with zero attached hydrogens (tertiary/aromatic N) is 2. The zero-order valence-corrected chi connectivity index (χ0v) is 23.0. The summed E-state index contributed by atoms with van der Waals surface area (Å²) in [4.78, 5) is 62.4. The number of carboxylic acids is 1. The van der Waals surface area contributed by atoms with Gasteiger partial charge in [-0.05, 0) is 42.7 Å². The molecule has 0 heterocycles. The lowest BCUT2D eigenvalue weighted by molar-refractivity contribution is -0.139. The molecule has 2 aromatic rings. The van der Waals surface area contributed by atoms with Crippen LogP contribution in [0.5, 0.6) is 5.75 Å². The zero-order valence-electron chi connectivity index (χ0n) is 23.0. The topological polar surface area (TPSA) is 183 Å². The summed E-state index contributed by atoms with van der Waals surface area (Å²) < 4.78 is 5.41. The fourth-order valence-corrected chi connectivity index (χ4v) is 3.68. The number of methoxy groups -OCH3 is 1. The quantitative estimate of drug-likeness (QED) is 0.250. The molecule has 0 bridgehead atoms. The van der Waals surface area contributed by atoms with Gasteiger partial charge in [-0.15, -0.1) is 0 Å². The van der Waals surface area contributed by atoms with E-state index in [-0.39, 0.29) is 18.9 Å². The second-order valence-electron chi connectivity index (χ2n) is 9.20. The maximum absolute atomic E-state index is 12.7. The van der Waals surface area contributed by atoms with Crippen molar-refractivity contribution in [2.45, 2.75) is 32.2 Å². The van der Waals surface area contributed by atoms with E-state index in [2.05, 4.69) is 16.0 Å². The number of aryl methyl sites for hydroxylation is 1. The summed E-state index contributed by atoms with van der Waals surface area (Å²) in [5.41, 5.74) is 7.88. The molecule has 2 rings (SSSR count). The number of carbonyl (C=O) groups is 5. The molecule has 0 spiro atoms. The third-order valence-electron chi connectivity index (χ3n) is 6.04. The van der Waals surface area contributed by atoms with Gasteiger partial charge in [0.05, 0.1) is 25.6 Å². The maximum Gasteiger partial charge on any atom is 0.323 e. The number of hydrogen-bond donors (Lipinski definition) is 5. The Morgan fingerprint density at radius 3 is 2.25 bits per heavy atom. The van der Waals surface area contributed by atoms with Crippen molar-refractivity contribution < 1.29 is 33.8 Å². The summed E-state index contributed by atoms with van der Waals surface area (Å²) in [5, 5.41) is 16.7. The first-order valence-electron chi connectivity index (χ1n) is 12.5. The number of aliphatic carboxylic acids is 1. The van der Waals surface area contributed by atoms with Crippen molar-refractivity contribution in [2.75, 3.05) is 44.9 Å². The number of primary amides is 1. The first-order chi connectivity index (χ1) is 18.9. The van der Waals surface area contributed by atoms with Crippen LogP contribution in [0.3, 0.4) is 0 Å². The molecule has 6 N–H and O–H groups in total. The van der Waals surface area contributed by atoms with Gasteiger partial charge < -0.3 is 41.3 Å². The number of benzene rings is 2. The fourth-order valence-electron chi connectivity index (χ4n) is 3.68. The second kappa shape index (κ2) is 15.0. The van der Waals surface area contributed by atoms with Crippen LogP contribution >= 0.6 is 0 Å². The number of anilines is 2. The van der Waals surface area contributed by atoms with Crippen LogP contribution in [0.4, 0.5) is 21.0 Å². The number of ether oxygens (including phenoxy) is 1. The van der Waals surface area contributed by atoms with Crippen molar-refractivity contribution in [1.29, 1.82) is 0 Å². The first-order valence-corrected chi connectivity index (χ1v) is 12.5. The lowest BCUT2D eigenvalue weighted by Gasteiger charge is -2.23. The first kappa shape index (κ1) is 31.4. The molecule has 0 aliphatic carbocycles. The minimum absolute atomic E-state index is 0.0916. The molecule has 0 aliphatic heterocycles. The van der Waals surface area contributed by atoms with Crippen molar-refractivity contribution in [3.05, 3.63) is 53.6 Å². The highest BCUT2D eigenvalue weighted by Gasteiger charge is 2.23. The molecule has 0 radical (unpaired) electrons. The number of urea groups is 2. The molecular formula is C27H36N6O7. The Labute approximate surface area is 232 Å². The molecule has 40 heavy (non-hydrogen) atoms. The lowest BCUT2D eigenvalue weighted by atomic mass is 10.1. The van der Waals surface area contributed by atoms with Crippen LogP contribution in [0.25, 0.3) is 0 Å². The SMILES string of the molecule is COc1cc(CC(=O)N(C)CCCN(C)C(=O)NC(CC(=O)O)C(N)=O)ccc1NC(=O)Nc1ccccc1C. The highest BCUT2D eigenvalue weighted by atomic mass is 16.5. The number of carbonyl (C=O) groups excluding carboxylic acids is 4. The molecule has 1 unspecified atom stereocenters. The standard InChI is InChI=1S/C27H36N6O7/c1-17-8-5-6-9-19(17)29-26(38)30-20-11-10-18(14-22(20)40-4)15-23(34)32(2)12-7-13-33(3)27(39)31-21(25(28)37)16-24(35)36/h5-6,8-11,14,21H,7,12-13,15-16H2,1-4H3,(H2,28,37)(H,31,39)(H,35,36)(H2,29,30,38). The van der Waals surface area contributed by atoms with Gasteiger partial charge >= 0.3 is 18.0 Å². The Hall–Kier alpha value is -4.81. The predicted molar refractivity (Wildman–Crippen MR) is 149 cm³/mol. The van der Waals surface area contributed by atoms with E-state index < -0.39 is 36.4 Å². The molecular weight excluding hydrogens is 520 g/mol. The third kappa shape index (κ3) is 9.82. The van der Waals surface area contributed by atoms with Crippen molar-refractivity contribution in [2.24, 2.45) is 5.73 Å². The highest BCUT2D eigenvalue weighted by molar-refractivity contribution is 6.01.